The third-order valence-corrected chi connectivity index (χ3v) is 17.5. The van der Waals surface area contributed by atoms with Crippen LogP contribution < -0.4 is 10.2 Å². The highest BCUT2D eigenvalue weighted by Crippen LogP contribution is 2.38. The highest BCUT2D eigenvalue weighted by atomic mass is 31.2. The van der Waals surface area contributed by atoms with Gasteiger partial charge in [-0.25, -0.2) is 0 Å². The first kappa shape index (κ1) is 85.2. The van der Waals surface area contributed by atoms with Crippen LogP contribution in [0.25, 0.3) is 0 Å². The van der Waals surface area contributed by atoms with Crippen LogP contribution in [0.1, 0.15) is 335 Å². The zero-order valence-corrected chi connectivity index (χ0v) is 59.3. The maximum absolute atomic E-state index is 13.1. The van der Waals surface area contributed by atoms with Gasteiger partial charge < -0.3 is 28.8 Å². The van der Waals surface area contributed by atoms with E-state index in [0.717, 1.165) is 96.3 Å². The van der Waals surface area contributed by atoms with E-state index >= 15 is 0 Å². The molecule has 0 rings (SSSR count). The number of phosphoric ester groups is 1. The number of nitrogens with zero attached hydrogens (tertiary/aromatic N) is 1. The Bertz CT molecular complexity index is 1810. The monoisotopic (exact) mass is 1250 g/mol. The molecule has 8 nitrogen and oxygen atoms in total. The van der Waals surface area contributed by atoms with Gasteiger partial charge >= 0.3 is 0 Å². The lowest BCUT2D eigenvalue weighted by Crippen LogP contribution is -2.46. The molecule has 0 aliphatic carbocycles. The number of likely N-dealkylation sites (N-methyl/N-ethyl adjacent to an activating group) is 1. The number of unbranched alkanes of at least 4 members (excludes halogenated alkanes) is 37. The summed E-state index contributed by atoms with van der Waals surface area (Å²) in [5.74, 6) is -0.165. The summed E-state index contributed by atoms with van der Waals surface area (Å²) >= 11 is 0. The van der Waals surface area contributed by atoms with Crippen LogP contribution in [0.2, 0.25) is 0 Å². The van der Waals surface area contributed by atoms with Gasteiger partial charge in [-0.1, -0.05) is 354 Å². The minimum atomic E-state index is -4.59. The zero-order valence-electron chi connectivity index (χ0n) is 58.4. The lowest BCUT2D eigenvalue weighted by molar-refractivity contribution is -0.870. The summed E-state index contributed by atoms with van der Waals surface area (Å²) in [7, 11) is 1.31. The highest BCUT2D eigenvalue weighted by molar-refractivity contribution is 7.45. The summed E-state index contributed by atoms with van der Waals surface area (Å²) in [5.41, 5.74) is 0. The summed E-state index contributed by atoms with van der Waals surface area (Å²) in [6.07, 6.45) is 100. The van der Waals surface area contributed by atoms with Crippen molar-refractivity contribution in [3.8, 4) is 0 Å². The van der Waals surface area contributed by atoms with Crippen molar-refractivity contribution in [2.75, 3.05) is 40.9 Å². The number of aliphatic hydroxyl groups is 1. The number of phosphoric acid groups is 1. The Hall–Kier alpha value is -2.84. The quantitative estimate of drug-likeness (QED) is 0.0272. The van der Waals surface area contributed by atoms with Gasteiger partial charge in [-0.2, -0.15) is 0 Å². The number of hydrogen-bond acceptors (Lipinski definition) is 6. The molecule has 0 saturated heterocycles. The molecule has 0 saturated carbocycles. The topological polar surface area (TPSA) is 108 Å². The van der Waals surface area contributed by atoms with Crippen LogP contribution in [0.5, 0.6) is 0 Å². The maximum Gasteiger partial charge on any atom is 0.268 e. The normalized spacial score (nSPS) is 14.2. The second-order valence-electron chi connectivity index (χ2n) is 26.3. The Morgan fingerprint density at radius 2 is 0.693 bits per heavy atom. The number of carbonyl (C=O) groups is 1. The van der Waals surface area contributed by atoms with Gasteiger partial charge in [-0.15, -0.1) is 0 Å². The first-order valence-corrected chi connectivity index (χ1v) is 38.7. The molecule has 2 N–H and O–H groups in total. The fourth-order valence-corrected chi connectivity index (χ4v) is 11.5. The van der Waals surface area contributed by atoms with E-state index in [-0.39, 0.29) is 19.1 Å². The molecule has 3 atom stereocenters. The van der Waals surface area contributed by atoms with Crippen molar-refractivity contribution in [2.45, 2.75) is 347 Å². The largest absolute Gasteiger partial charge is 0.756 e. The van der Waals surface area contributed by atoms with Crippen LogP contribution in [0, 0.1) is 0 Å². The lowest BCUT2D eigenvalue weighted by atomic mass is 10.0. The number of hydrogen-bond donors (Lipinski definition) is 2. The number of nitrogens with one attached hydrogen (secondary N) is 1. The number of amides is 1. The van der Waals surface area contributed by atoms with Crippen molar-refractivity contribution < 1.29 is 32.9 Å². The zero-order chi connectivity index (χ0) is 64.1. The molecule has 0 bridgehead atoms. The summed E-state index contributed by atoms with van der Waals surface area (Å²) in [6.45, 7) is 4.64. The van der Waals surface area contributed by atoms with Gasteiger partial charge in [0.25, 0.3) is 7.82 Å². The van der Waals surface area contributed by atoms with E-state index in [1.807, 2.05) is 21.1 Å². The number of aliphatic hydroxyl groups excluding tert-OH is 1. The third kappa shape index (κ3) is 70.6. The number of carbonyl (C=O) groups excluding carboxylic acids is 1. The Labute approximate surface area is 546 Å². The third-order valence-electron chi connectivity index (χ3n) is 16.5. The van der Waals surface area contributed by atoms with Gasteiger partial charge in [0.05, 0.1) is 39.9 Å². The predicted octanol–water partition coefficient (Wildman–Crippen LogP) is 23.6. The molecule has 0 aliphatic heterocycles. The van der Waals surface area contributed by atoms with Gasteiger partial charge in [-0.05, 0) is 83.5 Å². The highest BCUT2D eigenvalue weighted by Gasteiger charge is 2.24. The Balaban J connectivity index is 4.02. The molecule has 0 spiro atoms. The van der Waals surface area contributed by atoms with Crippen molar-refractivity contribution in [2.24, 2.45) is 0 Å². The van der Waals surface area contributed by atoms with E-state index in [0.29, 0.717) is 23.9 Å². The maximum atomic E-state index is 13.1. The minimum absolute atomic E-state index is 0.00928. The molecule has 0 heterocycles. The van der Waals surface area contributed by atoms with Crippen LogP contribution in [-0.4, -0.2) is 68.5 Å². The van der Waals surface area contributed by atoms with Crippen LogP contribution in [0.15, 0.2) is 109 Å². The van der Waals surface area contributed by atoms with E-state index < -0.39 is 20.0 Å². The molecule has 0 fully saturated rings. The Morgan fingerprint density at radius 3 is 1.01 bits per heavy atom. The Kier molecular flexibility index (Phi) is 66.3. The van der Waals surface area contributed by atoms with Crippen LogP contribution in [0.3, 0.4) is 0 Å². The summed E-state index contributed by atoms with van der Waals surface area (Å²) in [4.78, 5) is 25.7. The minimum Gasteiger partial charge on any atom is -0.756 e. The molecule has 0 aliphatic rings. The van der Waals surface area contributed by atoms with E-state index in [4.69, 9.17) is 9.05 Å². The van der Waals surface area contributed by atoms with Crippen molar-refractivity contribution >= 4 is 13.7 Å². The fraction of sp³-hybridized carbons (Fsp3) is 0.759. The number of allylic oxidation sites excluding steroid dienone is 18. The van der Waals surface area contributed by atoms with Crippen molar-refractivity contribution in [3.05, 3.63) is 109 Å². The van der Waals surface area contributed by atoms with Crippen LogP contribution >= 0.6 is 7.82 Å². The molecule has 1 amide bonds. The molecule has 0 aromatic heterocycles. The van der Waals surface area contributed by atoms with Crippen molar-refractivity contribution in [3.63, 3.8) is 0 Å². The van der Waals surface area contributed by atoms with Crippen molar-refractivity contribution in [1.29, 1.82) is 0 Å². The van der Waals surface area contributed by atoms with Crippen LogP contribution in [0.4, 0.5) is 0 Å². The van der Waals surface area contributed by atoms with E-state index in [1.54, 1.807) is 0 Å². The average Bonchev–Trinajstić information content (AvgIpc) is 3.71. The van der Waals surface area contributed by atoms with Crippen molar-refractivity contribution in [1.82, 2.24) is 5.32 Å². The summed E-state index contributed by atoms with van der Waals surface area (Å²) in [6, 6.07) is -0.809. The first-order valence-electron chi connectivity index (χ1n) is 37.2. The standard InChI is InChI=1S/C79H143N2O6P/c1-6-8-10-12-14-16-18-20-22-24-26-28-30-32-33-34-35-36-37-38-39-40-41-42-43-44-45-46-47-49-51-53-55-57-59-61-63-65-67-69-71-73-79(83)80-77(76-87-88(84,85)86-75-74-81(3,4)5)78(82)72-70-68-66-64-62-60-58-56-54-52-50-48-31-29-27-25-23-21-19-17-15-13-11-9-7-2/h8,10,14,16,20,22,26,28,32-33,35-36,38-39,41-42,44-45,77-78,82H,6-7,9,11-13,15,17-19,21,23-25,27,29-31,34,37,40,43,46-76H2,1-5H3,(H-,80,83,84,85)/b10-8-,16-14-,22-20-,28-26-,33-32-,36-35-,39-38-,42-41-,45-44-. The van der Waals surface area contributed by atoms with Gasteiger partial charge in [0.2, 0.25) is 5.91 Å². The molecule has 0 aromatic carbocycles. The fourth-order valence-electron chi connectivity index (χ4n) is 10.8. The predicted molar refractivity (Wildman–Crippen MR) is 385 cm³/mol. The molecule has 0 radical (unpaired) electrons. The van der Waals surface area contributed by atoms with Gasteiger partial charge in [0.15, 0.2) is 0 Å². The van der Waals surface area contributed by atoms with E-state index in [9.17, 15) is 19.4 Å². The molecule has 0 aromatic rings. The average molecular weight is 1250 g/mol. The molecular formula is C79H143N2O6P. The summed E-state index contributed by atoms with van der Waals surface area (Å²) in [5, 5.41) is 14.1. The van der Waals surface area contributed by atoms with Gasteiger partial charge in [-0.3, -0.25) is 9.36 Å². The van der Waals surface area contributed by atoms with Crippen LogP contribution in [-0.2, 0) is 18.4 Å². The molecule has 3 unspecified atom stereocenters. The van der Waals surface area contributed by atoms with E-state index in [1.165, 1.54) is 212 Å². The van der Waals surface area contributed by atoms with Gasteiger partial charge in [0.1, 0.15) is 13.2 Å². The summed E-state index contributed by atoms with van der Waals surface area (Å²) < 4.78 is 23.6. The van der Waals surface area contributed by atoms with Gasteiger partial charge in [0, 0.05) is 6.42 Å². The molecule has 510 valence electrons. The SMILES string of the molecule is CC/C=C\C/C=C\C/C=C\C/C=C\C/C=C\C/C=C\C/C=C\C/C=C\C/C=C\CCCCCCCCCCCCCCCC(=O)NC(COP(=O)([O-])OCC[N+](C)(C)C)C(O)CCCCCCCCCCCCCCCCCCCCCCCCCCC. The first-order chi connectivity index (χ1) is 43.0. The molecule has 9 heteroatoms. The lowest BCUT2D eigenvalue weighted by Gasteiger charge is -2.30. The number of rotatable bonds is 68. The second kappa shape index (κ2) is 68.5. The second-order valence-corrected chi connectivity index (χ2v) is 27.7. The smallest absolute Gasteiger partial charge is 0.268 e. The van der Waals surface area contributed by atoms with E-state index in [2.05, 4.69) is 129 Å². The number of quaternary nitrogens is 1. The Morgan fingerprint density at radius 1 is 0.409 bits per heavy atom. The molecule has 88 heavy (non-hydrogen) atoms. The molecular weight excluding hydrogens is 1100 g/mol.